The van der Waals surface area contributed by atoms with Crippen molar-refractivity contribution >= 4 is 23.2 Å². The number of carbonyl (C=O) groups is 3. The van der Waals surface area contributed by atoms with Crippen LogP contribution in [-0.2, 0) is 27.3 Å². The quantitative estimate of drug-likeness (QED) is 0.257. The van der Waals surface area contributed by atoms with E-state index >= 15 is 4.39 Å². The molecule has 1 fully saturated rings. The number of aromatic hydroxyl groups is 1. The van der Waals surface area contributed by atoms with Crippen LogP contribution < -0.4 is 5.73 Å². The van der Waals surface area contributed by atoms with Crippen LogP contribution in [0.2, 0.25) is 0 Å². The average molecular weight is 562 g/mol. The molecule has 0 aliphatic heterocycles. The van der Waals surface area contributed by atoms with Gasteiger partial charge in [0.05, 0.1) is 18.2 Å². The van der Waals surface area contributed by atoms with Crippen molar-refractivity contribution in [1.29, 1.82) is 0 Å². The van der Waals surface area contributed by atoms with Gasteiger partial charge in [0, 0.05) is 35.2 Å². The molecule has 0 spiro atoms. The van der Waals surface area contributed by atoms with Crippen LogP contribution in [0.1, 0.15) is 37.0 Å². The lowest BCUT2D eigenvalue weighted by Crippen LogP contribution is -2.65. The highest BCUT2D eigenvalue weighted by Gasteiger charge is 2.64. The van der Waals surface area contributed by atoms with E-state index in [4.69, 9.17) is 5.73 Å². The zero-order valence-corrected chi connectivity index (χ0v) is 23.1. The van der Waals surface area contributed by atoms with Crippen molar-refractivity contribution in [2.45, 2.75) is 50.9 Å². The Morgan fingerprint density at radius 3 is 2.35 bits per heavy atom. The van der Waals surface area contributed by atoms with Crippen LogP contribution in [0.3, 0.4) is 0 Å². The number of primary amides is 1. The Balaban J connectivity index is 1.86. The summed E-state index contributed by atoms with van der Waals surface area (Å²) in [5.41, 5.74) is 1.12. The Bertz CT molecular complexity index is 1350. The third-order valence-electron chi connectivity index (χ3n) is 8.67. The number of rotatable bonds is 7. The summed E-state index contributed by atoms with van der Waals surface area (Å²) in [6.07, 6.45) is -0.269. The summed E-state index contributed by atoms with van der Waals surface area (Å²) < 4.78 is 15.9. The van der Waals surface area contributed by atoms with Crippen LogP contribution in [-0.4, -0.2) is 98.2 Å². The summed E-state index contributed by atoms with van der Waals surface area (Å²) in [6, 6.07) is -0.350. The topological polar surface area (TPSA) is 185 Å². The van der Waals surface area contributed by atoms with Gasteiger partial charge in [-0.25, -0.2) is 4.39 Å². The molecule has 0 saturated heterocycles. The molecule has 7 N–H and O–H groups in total. The van der Waals surface area contributed by atoms with Gasteiger partial charge in [0.25, 0.3) is 5.91 Å². The summed E-state index contributed by atoms with van der Waals surface area (Å²) in [5.74, 6) is -8.49. The molecule has 1 amide bonds. The third-order valence-corrected chi connectivity index (χ3v) is 8.67. The van der Waals surface area contributed by atoms with E-state index < -0.39 is 69.6 Å². The van der Waals surface area contributed by atoms with Gasteiger partial charge in [0.15, 0.2) is 11.4 Å². The minimum absolute atomic E-state index is 0.0286. The third kappa shape index (κ3) is 4.21. The number of hydrogen-bond acceptors (Lipinski definition) is 10. The van der Waals surface area contributed by atoms with Gasteiger partial charge in [-0.3, -0.25) is 24.2 Å². The fourth-order valence-corrected chi connectivity index (χ4v) is 6.71. The fraction of sp³-hybridized carbons (Fsp3) is 0.536. The smallest absolute Gasteiger partial charge is 0.255 e. The maximum Gasteiger partial charge on any atom is 0.255 e. The second kappa shape index (κ2) is 10.3. The number of aliphatic hydroxyl groups is 4. The molecule has 40 heavy (non-hydrogen) atoms. The van der Waals surface area contributed by atoms with Crippen LogP contribution in [0.25, 0.3) is 5.76 Å². The number of aliphatic hydroxyl groups excluding tert-OH is 3. The summed E-state index contributed by atoms with van der Waals surface area (Å²) in [5, 5.41) is 54.3. The molecule has 3 aliphatic carbocycles. The van der Waals surface area contributed by atoms with Crippen molar-refractivity contribution in [1.82, 2.24) is 9.80 Å². The number of nitrogens with two attached hydrogens (primary N) is 1. The summed E-state index contributed by atoms with van der Waals surface area (Å²) >= 11 is 0. The number of hydrogen-bond donors (Lipinski definition) is 6. The highest BCUT2D eigenvalue weighted by atomic mass is 19.1. The molecule has 0 unspecified atom stereocenters. The number of likely N-dealkylation sites (N-methyl/N-ethyl adjacent to an activating group) is 2. The SMILES string of the molecule is CC(C)[C@@H](CO)N(C)Cc1cc(O)c2c(c1F)C[C@H]1C[C@H]3[C@H](N(C)C)C(=O)C(C(N)=O)=C(O)[C@@]3(O)C(=O)C1=C2O. The lowest BCUT2D eigenvalue weighted by Gasteiger charge is -2.50. The predicted molar refractivity (Wildman–Crippen MR) is 141 cm³/mol. The van der Waals surface area contributed by atoms with E-state index in [1.807, 2.05) is 13.8 Å². The zero-order chi connectivity index (χ0) is 30.0. The highest BCUT2D eigenvalue weighted by molar-refractivity contribution is 6.24. The monoisotopic (exact) mass is 561 g/mol. The van der Waals surface area contributed by atoms with E-state index in [9.17, 15) is 39.9 Å². The number of phenolic OH excluding ortho intramolecular Hbond substituents is 1. The number of Topliss-reactive ketones (excluding diaryl/α,β-unsaturated/α-hetero) is 2. The van der Waals surface area contributed by atoms with Crippen LogP contribution in [0, 0.1) is 23.6 Å². The molecule has 1 aromatic carbocycles. The molecule has 0 radical (unpaired) electrons. The number of benzene rings is 1. The predicted octanol–water partition coefficient (Wildman–Crippen LogP) is 0.552. The summed E-state index contributed by atoms with van der Waals surface area (Å²) in [7, 11) is 4.73. The molecule has 5 atom stereocenters. The zero-order valence-electron chi connectivity index (χ0n) is 23.1. The first-order valence-corrected chi connectivity index (χ1v) is 13.1. The van der Waals surface area contributed by atoms with Crippen molar-refractivity contribution in [3.63, 3.8) is 0 Å². The second-order valence-corrected chi connectivity index (χ2v) is 11.6. The largest absolute Gasteiger partial charge is 0.508 e. The molecule has 11 nitrogen and oxygen atoms in total. The van der Waals surface area contributed by atoms with E-state index in [2.05, 4.69) is 0 Å². The lowest BCUT2D eigenvalue weighted by molar-refractivity contribution is -0.153. The number of nitrogens with zero attached hydrogens (tertiary/aromatic N) is 2. The number of amides is 1. The van der Waals surface area contributed by atoms with Gasteiger partial charge in [-0.2, -0.15) is 0 Å². The first kappa shape index (κ1) is 29.7. The molecular formula is C28H36FN3O8. The normalized spacial score (nSPS) is 27.3. The Morgan fingerprint density at radius 1 is 1.20 bits per heavy atom. The van der Waals surface area contributed by atoms with Crippen LogP contribution in [0.5, 0.6) is 5.75 Å². The van der Waals surface area contributed by atoms with E-state index in [1.165, 1.54) is 19.0 Å². The molecule has 3 aliphatic rings. The average Bonchev–Trinajstić information content (AvgIpc) is 2.84. The van der Waals surface area contributed by atoms with E-state index in [-0.39, 0.29) is 60.2 Å². The van der Waals surface area contributed by atoms with Crippen LogP contribution in [0.15, 0.2) is 23.0 Å². The molecule has 0 bridgehead atoms. The minimum Gasteiger partial charge on any atom is -0.508 e. The highest BCUT2D eigenvalue weighted by Crippen LogP contribution is 2.53. The Labute approximate surface area is 231 Å². The standard InChI is InChI=1S/C28H36FN3O8/c1-11(2)16(10-33)32(5)9-13-8-17(34)19-14(21(13)29)6-12-7-15-22(31(3)4)24(36)20(27(30)39)26(38)28(15,40)25(37)18(12)23(19)35/h8,11-12,15-16,22,33-35,38,40H,6-7,9-10H2,1-5H3,(H2,30,39)/t12-,15-,16+,22-,28-/m0/s1. The van der Waals surface area contributed by atoms with Crippen molar-refractivity contribution in [3.05, 3.63) is 45.5 Å². The van der Waals surface area contributed by atoms with Crippen molar-refractivity contribution in [2.24, 2.45) is 23.5 Å². The van der Waals surface area contributed by atoms with Gasteiger partial charge in [0.2, 0.25) is 5.78 Å². The van der Waals surface area contributed by atoms with Crippen LogP contribution >= 0.6 is 0 Å². The Morgan fingerprint density at radius 2 is 1.82 bits per heavy atom. The molecular weight excluding hydrogens is 525 g/mol. The molecule has 1 saturated carbocycles. The molecule has 1 aromatic rings. The van der Waals surface area contributed by atoms with E-state index in [0.717, 1.165) is 6.07 Å². The number of ketones is 2. The summed E-state index contributed by atoms with van der Waals surface area (Å²) in [6.45, 7) is 3.73. The Kier molecular flexibility index (Phi) is 7.61. The van der Waals surface area contributed by atoms with Gasteiger partial charge < -0.3 is 31.3 Å². The molecule has 12 heteroatoms. The number of halogens is 1. The Hall–Kier alpha value is -3.32. The van der Waals surface area contributed by atoms with Crippen molar-refractivity contribution in [3.8, 4) is 5.75 Å². The number of carbonyl (C=O) groups excluding carboxylic acids is 3. The minimum atomic E-state index is -2.75. The van der Waals surface area contributed by atoms with E-state index in [1.54, 1.807) is 11.9 Å². The number of phenols is 1. The van der Waals surface area contributed by atoms with Gasteiger partial charge in [-0.15, -0.1) is 0 Å². The first-order chi connectivity index (χ1) is 18.6. The van der Waals surface area contributed by atoms with Gasteiger partial charge in [0.1, 0.15) is 28.7 Å². The number of fused-ring (bicyclic) bond motifs is 3. The first-order valence-electron chi connectivity index (χ1n) is 13.1. The van der Waals surface area contributed by atoms with Gasteiger partial charge in [-0.1, -0.05) is 13.8 Å². The maximum atomic E-state index is 15.9. The summed E-state index contributed by atoms with van der Waals surface area (Å²) in [4.78, 5) is 42.2. The lowest BCUT2D eigenvalue weighted by atomic mass is 9.57. The van der Waals surface area contributed by atoms with Crippen LogP contribution in [0.4, 0.5) is 4.39 Å². The van der Waals surface area contributed by atoms with Gasteiger partial charge in [-0.05, 0) is 51.9 Å². The van der Waals surface area contributed by atoms with Crippen molar-refractivity contribution in [2.75, 3.05) is 27.7 Å². The molecule has 0 aromatic heterocycles. The molecule has 0 heterocycles. The molecule has 218 valence electrons. The van der Waals surface area contributed by atoms with Gasteiger partial charge >= 0.3 is 0 Å². The van der Waals surface area contributed by atoms with E-state index in [0.29, 0.717) is 0 Å². The second-order valence-electron chi connectivity index (χ2n) is 11.6. The maximum absolute atomic E-state index is 15.9. The fourth-order valence-electron chi connectivity index (χ4n) is 6.71. The van der Waals surface area contributed by atoms with Crippen molar-refractivity contribution < 1.29 is 44.3 Å². The molecule has 4 rings (SSSR count).